The topological polar surface area (TPSA) is 41.6 Å². The zero-order valence-corrected chi connectivity index (χ0v) is 7.67. The van der Waals surface area contributed by atoms with Crippen LogP contribution in [0.2, 0.25) is 0 Å². The predicted octanol–water partition coefficient (Wildman–Crippen LogP) is -0.547. The number of likely N-dealkylation sites (N-methyl/N-ethyl adjacent to an activating group) is 2. The zero-order chi connectivity index (χ0) is 8.97. The summed E-state index contributed by atoms with van der Waals surface area (Å²) in [5.41, 5.74) is 0. The average Bonchev–Trinajstić information content (AvgIpc) is 2.27. The average molecular weight is 172 g/mol. The van der Waals surface area contributed by atoms with E-state index in [-0.39, 0.29) is 18.6 Å². The van der Waals surface area contributed by atoms with Gasteiger partial charge in [-0.3, -0.25) is 4.79 Å². The molecule has 70 valence electrons. The van der Waals surface area contributed by atoms with E-state index in [2.05, 4.69) is 5.32 Å². The molecule has 4 heteroatoms. The van der Waals surface area contributed by atoms with Crippen LogP contribution in [0.5, 0.6) is 0 Å². The van der Waals surface area contributed by atoms with Gasteiger partial charge in [0.05, 0.1) is 6.61 Å². The molecule has 0 spiro atoms. The van der Waals surface area contributed by atoms with Gasteiger partial charge in [-0.1, -0.05) is 0 Å². The van der Waals surface area contributed by atoms with Crippen LogP contribution >= 0.6 is 0 Å². The van der Waals surface area contributed by atoms with Gasteiger partial charge in [-0.2, -0.15) is 0 Å². The van der Waals surface area contributed by atoms with Crippen molar-refractivity contribution in [2.24, 2.45) is 0 Å². The van der Waals surface area contributed by atoms with Gasteiger partial charge in [-0.25, -0.2) is 0 Å². The van der Waals surface area contributed by atoms with Crippen molar-refractivity contribution in [1.29, 1.82) is 0 Å². The molecule has 0 aliphatic carbocycles. The molecule has 1 amide bonds. The van der Waals surface area contributed by atoms with Crippen molar-refractivity contribution in [3.63, 3.8) is 0 Å². The lowest BCUT2D eigenvalue weighted by Crippen LogP contribution is -2.41. The minimum absolute atomic E-state index is 0.0928. The number of amides is 1. The number of hydrogen-bond donors (Lipinski definition) is 1. The van der Waals surface area contributed by atoms with E-state index in [0.29, 0.717) is 6.61 Å². The Kier molecular flexibility index (Phi) is 3.49. The summed E-state index contributed by atoms with van der Waals surface area (Å²) in [6.45, 7) is 4.35. The summed E-state index contributed by atoms with van der Waals surface area (Å²) >= 11 is 0. The maximum absolute atomic E-state index is 11.3. The van der Waals surface area contributed by atoms with Crippen LogP contribution in [0, 0.1) is 0 Å². The molecule has 1 heterocycles. The first kappa shape index (κ1) is 9.48. The highest BCUT2D eigenvalue weighted by Gasteiger charge is 2.20. The van der Waals surface area contributed by atoms with Crippen molar-refractivity contribution < 1.29 is 9.53 Å². The Hall–Kier alpha value is -0.610. The Balaban J connectivity index is 2.52. The summed E-state index contributed by atoms with van der Waals surface area (Å²) in [7, 11) is 1.89. The number of rotatable bonds is 2. The summed E-state index contributed by atoms with van der Waals surface area (Å²) < 4.78 is 5.19. The summed E-state index contributed by atoms with van der Waals surface area (Å²) in [6.07, 6.45) is 0. The molecule has 1 atom stereocenters. The van der Waals surface area contributed by atoms with Gasteiger partial charge in [0.2, 0.25) is 5.91 Å². The van der Waals surface area contributed by atoms with Crippen molar-refractivity contribution >= 4 is 5.91 Å². The van der Waals surface area contributed by atoms with Gasteiger partial charge in [0.25, 0.3) is 0 Å². The zero-order valence-electron chi connectivity index (χ0n) is 7.67. The normalized spacial score (nSPS) is 25.7. The van der Waals surface area contributed by atoms with Crippen LogP contribution in [0.3, 0.4) is 0 Å². The van der Waals surface area contributed by atoms with Gasteiger partial charge in [0, 0.05) is 19.1 Å². The van der Waals surface area contributed by atoms with E-state index < -0.39 is 0 Å². The van der Waals surface area contributed by atoms with Gasteiger partial charge in [-0.05, 0) is 14.0 Å². The second-order valence-corrected chi connectivity index (χ2v) is 2.93. The van der Waals surface area contributed by atoms with Crippen LogP contribution in [0.25, 0.3) is 0 Å². The third-order valence-electron chi connectivity index (χ3n) is 2.13. The van der Waals surface area contributed by atoms with Gasteiger partial charge >= 0.3 is 0 Å². The predicted molar refractivity (Wildman–Crippen MR) is 45.9 cm³/mol. The molecule has 0 aromatic heterocycles. The third-order valence-corrected chi connectivity index (χ3v) is 2.13. The summed E-state index contributed by atoms with van der Waals surface area (Å²) in [5.74, 6) is 0.0928. The molecule has 0 bridgehead atoms. The van der Waals surface area contributed by atoms with Crippen molar-refractivity contribution in [3.8, 4) is 0 Å². The van der Waals surface area contributed by atoms with Crippen LogP contribution in [0.15, 0.2) is 0 Å². The first-order valence-corrected chi connectivity index (χ1v) is 4.30. The van der Waals surface area contributed by atoms with E-state index in [0.717, 1.165) is 13.1 Å². The Morgan fingerprint density at radius 3 is 3.08 bits per heavy atom. The molecule has 1 unspecified atom stereocenters. The number of nitrogens with one attached hydrogen (secondary N) is 1. The van der Waals surface area contributed by atoms with Crippen LogP contribution in [0.4, 0.5) is 0 Å². The largest absolute Gasteiger partial charge is 0.370 e. The van der Waals surface area contributed by atoms with Crippen LogP contribution < -0.4 is 5.32 Å². The lowest BCUT2D eigenvalue weighted by atomic mass is 10.3. The fraction of sp³-hybridized carbons (Fsp3) is 0.875. The van der Waals surface area contributed by atoms with E-state index in [1.807, 2.05) is 18.9 Å². The summed E-state index contributed by atoms with van der Waals surface area (Å²) in [4.78, 5) is 13.1. The molecular formula is C8H16N2O2. The maximum atomic E-state index is 11.3. The molecule has 1 aliphatic heterocycles. The number of carbonyl (C=O) groups is 1. The first-order chi connectivity index (χ1) is 5.77. The maximum Gasteiger partial charge on any atom is 0.248 e. The molecule has 0 radical (unpaired) electrons. The molecule has 1 rings (SSSR count). The molecule has 4 nitrogen and oxygen atoms in total. The second-order valence-electron chi connectivity index (χ2n) is 2.93. The quantitative estimate of drug-likeness (QED) is 0.608. The number of hydrogen-bond acceptors (Lipinski definition) is 3. The van der Waals surface area contributed by atoms with Gasteiger partial charge in [0.1, 0.15) is 6.61 Å². The molecule has 1 saturated heterocycles. The lowest BCUT2D eigenvalue weighted by molar-refractivity contribution is -0.133. The second kappa shape index (κ2) is 4.42. The highest BCUT2D eigenvalue weighted by molar-refractivity contribution is 5.77. The fourth-order valence-corrected chi connectivity index (χ4v) is 1.28. The van der Waals surface area contributed by atoms with Crippen molar-refractivity contribution in [2.75, 3.05) is 33.4 Å². The van der Waals surface area contributed by atoms with E-state index in [9.17, 15) is 4.79 Å². The molecule has 0 saturated carbocycles. The van der Waals surface area contributed by atoms with Crippen molar-refractivity contribution in [3.05, 3.63) is 0 Å². The van der Waals surface area contributed by atoms with Crippen molar-refractivity contribution in [1.82, 2.24) is 10.2 Å². The molecular weight excluding hydrogens is 156 g/mol. The smallest absolute Gasteiger partial charge is 0.248 e. The molecule has 1 fully saturated rings. The van der Waals surface area contributed by atoms with Gasteiger partial charge in [-0.15, -0.1) is 0 Å². The number of ether oxygens (including phenoxy) is 1. The Bertz CT molecular complexity index is 161. The monoisotopic (exact) mass is 172 g/mol. The van der Waals surface area contributed by atoms with Crippen LogP contribution in [-0.4, -0.2) is 50.2 Å². The number of carbonyl (C=O) groups excluding carboxylic acids is 1. The van der Waals surface area contributed by atoms with Gasteiger partial charge in [0.15, 0.2) is 0 Å². The highest BCUT2D eigenvalue weighted by Crippen LogP contribution is 2.00. The molecule has 12 heavy (non-hydrogen) atoms. The Morgan fingerprint density at radius 2 is 2.50 bits per heavy atom. The SMILES string of the molecule is CCN1CC(NC)COCC1=O. The number of nitrogens with zero attached hydrogens (tertiary/aromatic N) is 1. The van der Waals surface area contributed by atoms with Crippen LogP contribution in [0.1, 0.15) is 6.92 Å². The minimum atomic E-state index is 0.0928. The van der Waals surface area contributed by atoms with Gasteiger partial charge < -0.3 is 15.0 Å². The van der Waals surface area contributed by atoms with Crippen molar-refractivity contribution in [2.45, 2.75) is 13.0 Å². The minimum Gasteiger partial charge on any atom is -0.370 e. The van der Waals surface area contributed by atoms with E-state index in [4.69, 9.17) is 4.74 Å². The molecule has 1 N–H and O–H groups in total. The first-order valence-electron chi connectivity index (χ1n) is 4.30. The Labute approximate surface area is 72.9 Å². The molecule has 0 aromatic rings. The van der Waals surface area contributed by atoms with Crippen LogP contribution in [-0.2, 0) is 9.53 Å². The fourth-order valence-electron chi connectivity index (χ4n) is 1.28. The lowest BCUT2D eigenvalue weighted by Gasteiger charge is -2.21. The standard InChI is InChI=1S/C8H16N2O2/c1-3-10-4-7(9-2)5-12-6-8(10)11/h7,9H,3-6H2,1-2H3. The third kappa shape index (κ3) is 2.19. The summed E-state index contributed by atoms with van der Waals surface area (Å²) in [6, 6.07) is 0.274. The van der Waals surface area contributed by atoms with E-state index in [1.165, 1.54) is 0 Å². The highest BCUT2D eigenvalue weighted by atomic mass is 16.5. The van der Waals surface area contributed by atoms with E-state index in [1.54, 1.807) is 0 Å². The Morgan fingerprint density at radius 1 is 1.75 bits per heavy atom. The van der Waals surface area contributed by atoms with E-state index >= 15 is 0 Å². The molecule has 0 aromatic carbocycles. The molecule has 1 aliphatic rings. The summed E-state index contributed by atoms with van der Waals surface area (Å²) in [5, 5.41) is 3.11.